The van der Waals surface area contributed by atoms with E-state index in [0.29, 0.717) is 35.3 Å². The van der Waals surface area contributed by atoms with Crippen molar-refractivity contribution in [2.45, 2.75) is 39.2 Å². The number of carboxylic acid groups (broad SMARTS) is 2. The predicted octanol–water partition coefficient (Wildman–Crippen LogP) is 3.13. The zero-order chi connectivity index (χ0) is 23.7. The molecule has 0 heterocycles. The van der Waals surface area contributed by atoms with Gasteiger partial charge in [0.2, 0.25) is 0 Å². The Morgan fingerprint density at radius 2 is 1.59 bits per heavy atom. The number of nitrogens with zero attached hydrogens (tertiary/aromatic N) is 1. The van der Waals surface area contributed by atoms with Crippen molar-refractivity contribution in [1.29, 1.82) is 0 Å². The number of benzene rings is 2. The molecule has 0 aliphatic heterocycles. The van der Waals surface area contributed by atoms with Crippen LogP contribution < -0.4 is 5.32 Å². The van der Waals surface area contributed by atoms with Crippen LogP contribution in [-0.2, 0) is 16.0 Å². The van der Waals surface area contributed by atoms with Crippen molar-refractivity contribution in [1.82, 2.24) is 10.2 Å². The standard InChI is InChI=1S/C24H28N2O6/c1-3-26(4-2)23(30)18-13-14-19(17(15-18)11-8-12-20(27)28)21(24(31)32)25-22(29)16-9-6-5-7-10-16/h5-7,9-10,13-15,21H,3-4,8,11-12H2,1-2H3,(H,25,29)(H,27,28)(H,31,32). The van der Waals surface area contributed by atoms with Crippen LogP contribution in [0.1, 0.15) is 64.6 Å². The molecule has 32 heavy (non-hydrogen) atoms. The summed E-state index contributed by atoms with van der Waals surface area (Å²) in [4.78, 5) is 50.0. The van der Waals surface area contributed by atoms with Gasteiger partial charge in [-0.25, -0.2) is 4.79 Å². The highest BCUT2D eigenvalue weighted by atomic mass is 16.4. The number of carbonyl (C=O) groups excluding carboxylic acids is 2. The molecule has 1 atom stereocenters. The SMILES string of the molecule is CCN(CC)C(=O)c1ccc(C(NC(=O)c2ccccc2)C(=O)O)c(CCCC(=O)O)c1. The molecule has 3 N–H and O–H groups in total. The smallest absolute Gasteiger partial charge is 0.330 e. The summed E-state index contributed by atoms with van der Waals surface area (Å²) >= 11 is 0. The molecule has 8 heteroatoms. The first-order chi connectivity index (χ1) is 15.3. The van der Waals surface area contributed by atoms with Gasteiger partial charge in [-0.15, -0.1) is 0 Å². The van der Waals surface area contributed by atoms with Gasteiger partial charge in [-0.1, -0.05) is 24.3 Å². The Labute approximate surface area is 186 Å². The summed E-state index contributed by atoms with van der Waals surface area (Å²) in [6.07, 6.45) is 0.429. The lowest BCUT2D eigenvalue weighted by Gasteiger charge is -2.22. The van der Waals surface area contributed by atoms with Gasteiger partial charge in [0.1, 0.15) is 0 Å². The quantitative estimate of drug-likeness (QED) is 0.493. The van der Waals surface area contributed by atoms with Gasteiger partial charge in [0.25, 0.3) is 11.8 Å². The van der Waals surface area contributed by atoms with Crippen LogP contribution in [0.3, 0.4) is 0 Å². The van der Waals surface area contributed by atoms with Crippen LogP contribution >= 0.6 is 0 Å². The molecule has 170 valence electrons. The van der Waals surface area contributed by atoms with E-state index in [1.165, 1.54) is 6.07 Å². The molecule has 2 amide bonds. The average molecular weight is 440 g/mol. The Balaban J connectivity index is 2.42. The minimum atomic E-state index is -1.35. The molecule has 0 fully saturated rings. The van der Waals surface area contributed by atoms with Crippen molar-refractivity contribution in [2.24, 2.45) is 0 Å². The number of rotatable bonds is 11. The highest BCUT2D eigenvalue weighted by Crippen LogP contribution is 2.24. The van der Waals surface area contributed by atoms with Crippen LogP contribution in [0.25, 0.3) is 0 Å². The molecular formula is C24H28N2O6. The van der Waals surface area contributed by atoms with E-state index in [9.17, 15) is 24.3 Å². The van der Waals surface area contributed by atoms with E-state index < -0.39 is 23.9 Å². The molecule has 0 aliphatic rings. The Morgan fingerprint density at radius 3 is 2.16 bits per heavy atom. The monoisotopic (exact) mass is 440 g/mol. The second-order valence-corrected chi connectivity index (χ2v) is 7.25. The Bertz CT molecular complexity index is 970. The van der Waals surface area contributed by atoms with Crippen molar-refractivity contribution >= 4 is 23.8 Å². The Kier molecular flexibility index (Phi) is 8.95. The van der Waals surface area contributed by atoms with Gasteiger partial charge in [-0.3, -0.25) is 14.4 Å². The zero-order valence-electron chi connectivity index (χ0n) is 18.2. The molecule has 0 saturated heterocycles. The molecule has 0 spiro atoms. The van der Waals surface area contributed by atoms with Gasteiger partial charge < -0.3 is 20.4 Å². The molecule has 8 nitrogen and oxygen atoms in total. The first kappa shape index (κ1) is 24.6. The molecule has 2 aromatic rings. The summed E-state index contributed by atoms with van der Waals surface area (Å²) in [5, 5.41) is 21.3. The van der Waals surface area contributed by atoms with E-state index in [4.69, 9.17) is 5.11 Å². The summed E-state index contributed by atoms with van der Waals surface area (Å²) in [5.41, 5.74) is 1.55. The lowest BCUT2D eigenvalue weighted by Crippen LogP contribution is -2.35. The Morgan fingerprint density at radius 1 is 0.938 bits per heavy atom. The van der Waals surface area contributed by atoms with Gasteiger partial charge >= 0.3 is 11.9 Å². The van der Waals surface area contributed by atoms with Gasteiger partial charge in [-0.05, 0) is 62.1 Å². The molecule has 0 radical (unpaired) electrons. The van der Waals surface area contributed by atoms with E-state index >= 15 is 0 Å². The lowest BCUT2D eigenvalue weighted by molar-refractivity contribution is -0.139. The normalized spacial score (nSPS) is 11.4. The fraction of sp³-hybridized carbons (Fsp3) is 0.333. The second-order valence-electron chi connectivity index (χ2n) is 7.25. The summed E-state index contributed by atoms with van der Waals surface area (Å²) < 4.78 is 0. The van der Waals surface area contributed by atoms with Crippen molar-refractivity contribution < 1.29 is 29.4 Å². The second kappa shape index (κ2) is 11.6. The van der Waals surface area contributed by atoms with Gasteiger partial charge in [0, 0.05) is 30.6 Å². The van der Waals surface area contributed by atoms with Crippen molar-refractivity contribution in [3.63, 3.8) is 0 Å². The third kappa shape index (κ3) is 6.41. The van der Waals surface area contributed by atoms with Crippen LogP contribution in [0.4, 0.5) is 0 Å². The van der Waals surface area contributed by atoms with E-state index in [1.807, 2.05) is 13.8 Å². The number of aryl methyl sites for hydroxylation is 1. The first-order valence-electron chi connectivity index (χ1n) is 10.5. The average Bonchev–Trinajstić information content (AvgIpc) is 2.78. The number of amides is 2. The van der Waals surface area contributed by atoms with Crippen LogP contribution in [0.2, 0.25) is 0 Å². The van der Waals surface area contributed by atoms with E-state index in [-0.39, 0.29) is 25.2 Å². The van der Waals surface area contributed by atoms with Crippen molar-refractivity contribution in [3.05, 3.63) is 70.8 Å². The minimum Gasteiger partial charge on any atom is -0.481 e. The molecule has 0 aromatic heterocycles. The molecule has 0 bridgehead atoms. The summed E-state index contributed by atoms with van der Waals surface area (Å²) in [5.74, 6) is -2.95. The molecule has 1 unspecified atom stereocenters. The summed E-state index contributed by atoms with van der Waals surface area (Å²) in [6, 6.07) is 11.6. The maximum atomic E-state index is 12.8. The predicted molar refractivity (Wildman–Crippen MR) is 119 cm³/mol. The maximum absolute atomic E-state index is 12.8. The van der Waals surface area contributed by atoms with Crippen molar-refractivity contribution in [2.75, 3.05) is 13.1 Å². The molecule has 2 rings (SSSR count). The molecule has 0 saturated carbocycles. The zero-order valence-corrected chi connectivity index (χ0v) is 18.2. The lowest BCUT2D eigenvalue weighted by atomic mass is 9.93. The van der Waals surface area contributed by atoms with E-state index in [2.05, 4.69) is 5.32 Å². The van der Waals surface area contributed by atoms with Crippen LogP contribution in [0.15, 0.2) is 48.5 Å². The van der Waals surface area contributed by atoms with E-state index in [1.54, 1.807) is 47.4 Å². The number of nitrogens with one attached hydrogen (secondary N) is 1. The number of aliphatic carboxylic acids is 2. The van der Waals surface area contributed by atoms with Crippen LogP contribution in [-0.4, -0.2) is 52.0 Å². The van der Waals surface area contributed by atoms with Gasteiger partial charge in [0.05, 0.1) is 0 Å². The molecule has 2 aromatic carbocycles. The maximum Gasteiger partial charge on any atom is 0.330 e. The third-order valence-corrected chi connectivity index (χ3v) is 5.15. The summed E-state index contributed by atoms with van der Waals surface area (Å²) in [7, 11) is 0. The fourth-order valence-corrected chi connectivity index (χ4v) is 3.44. The summed E-state index contributed by atoms with van der Waals surface area (Å²) in [6.45, 7) is 4.78. The van der Waals surface area contributed by atoms with Crippen LogP contribution in [0, 0.1) is 0 Å². The van der Waals surface area contributed by atoms with Crippen molar-refractivity contribution in [3.8, 4) is 0 Å². The highest BCUT2D eigenvalue weighted by molar-refractivity contribution is 5.97. The minimum absolute atomic E-state index is 0.0955. The number of carbonyl (C=O) groups is 4. The first-order valence-corrected chi connectivity index (χ1v) is 10.5. The number of carboxylic acids is 2. The largest absolute Gasteiger partial charge is 0.481 e. The van der Waals surface area contributed by atoms with E-state index in [0.717, 1.165) is 0 Å². The van der Waals surface area contributed by atoms with Crippen LogP contribution in [0.5, 0.6) is 0 Å². The third-order valence-electron chi connectivity index (χ3n) is 5.15. The Hall–Kier alpha value is -3.68. The van der Waals surface area contributed by atoms with Gasteiger partial charge in [0.15, 0.2) is 6.04 Å². The molecular weight excluding hydrogens is 412 g/mol. The fourth-order valence-electron chi connectivity index (χ4n) is 3.44. The topological polar surface area (TPSA) is 124 Å². The molecule has 0 aliphatic carbocycles. The number of hydrogen-bond acceptors (Lipinski definition) is 4. The number of hydrogen-bond donors (Lipinski definition) is 3. The van der Waals surface area contributed by atoms with Gasteiger partial charge in [-0.2, -0.15) is 0 Å². The highest BCUT2D eigenvalue weighted by Gasteiger charge is 2.26.